The van der Waals surface area contributed by atoms with Gasteiger partial charge in [-0.25, -0.2) is 0 Å². The van der Waals surface area contributed by atoms with Crippen molar-refractivity contribution in [1.29, 1.82) is 0 Å². The summed E-state index contributed by atoms with van der Waals surface area (Å²) < 4.78 is 5.38. The number of nitrogens with one attached hydrogen (secondary N) is 1. The Balaban J connectivity index is 2.14. The molecule has 0 aliphatic rings. The van der Waals surface area contributed by atoms with Crippen LogP contribution in [-0.2, 0) is 0 Å². The first kappa shape index (κ1) is 9.97. The molecule has 5 nitrogen and oxygen atoms in total. The van der Waals surface area contributed by atoms with Gasteiger partial charge in [0.2, 0.25) is 5.89 Å². The Morgan fingerprint density at radius 1 is 1.27 bits per heavy atom. The van der Waals surface area contributed by atoms with Crippen LogP contribution in [0.3, 0.4) is 0 Å². The lowest BCUT2D eigenvalue weighted by Crippen LogP contribution is -2.02. The van der Waals surface area contributed by atoms with Gasteiger partial charge >= 0.3 is 6.01 Å². The van der Waals surface area contributed by atoms with Crippen LogP contribution < -0.4 is 5.32 Å². The first-order valence-corrected chi connectivity index (χ1v) is 5.12. The third kappa shape index (κ3) is 2.47. The number of rotatable bonds is 4. The van der Waals surface area contributed by atoms with E-state index in [2.05, 4.69) is 33.1 Å². The van der Waals surface area contributed by atoms with Gasteiger partial charge in [0.05, 0.1) is 0 Å². The molecule has 0 unspecified atom stereocenters. The number of aromatic nitrogens is 3. The van der Waals surface area contributed by atoms with Crippen molar-refractivity contribution in [3.63, 3.8) is 0 Å². The summed E-state index contributed by atoms with van der Waals surface area (Å²) in [4.78, 5) is 3.91. The third-order valence-corrected chi connectivity index (χ3v) is 1.96. The van der Waals surface area contributed by atoms with E-state index in [9.17, 15) is 0 Å². The third-order valence-electron chi connectivity index (χ3n) is 1.74. The Labute approximate surface area is 92.3 Å². The Bertz CT molecular complexity index is 417. The molecule has 1 N–H and O–H groups in total. The summed E-state index contributed by atoms with van der Waals surface area (Å²) in [6.07, 6.45) is 3.36. The summed E-state index contributed by atoms with van der Waals surface area (Å²) in [7, 11) is 0. The molecule has 2 aromatic rings. The molecule has 0 bridgehead atoms. The van der Waals surface area contributed by atoms with E-state index < -0.39 is 0 Å². The van der Waals surface area contributed by atoms with E-state index in [-0.39, 0.29) is 0 Å². The second kappa shape index (κ2) is 4.79. The topological polar surface area (TPSA) is 63.8 Å². The van der Waals surface area contributed by atoms with E-state index in [1.807, 2.05) is 12.1 Å². The monoisotopic (exact) mass is 222 g/mol. The standard InChI is InChI=1S/C9H10N4OS/c15-6-5-11-9-13-12-8(14-9)7-1-3-10-4-2-7/h1-4,15H,5-6H2,(H,11,13). The summed E-state index contributed by atoms with van der Waals surface area (Å²) in [6.45, 7) is 0.696. The van der Waals surface area contributed by atoms with Crippen molar-refractivity contribution in [3.8, 4) is 11.5 Å². The molecule has 2 aromatic heterocycles. The van der Waals surface area contributed by atoms with Crippen LogP contribution in [-0.4, -0.2) is 27.5 Å². The highest BCUT2D eigenvalue weighted by Crippen LogP contribution is 2.18. The summed E-state index contributed by atoms with van der Waals surface area (Å²) in [6, 6.07) is 4.04. The van der Waals surface area contributed by atoms with Gasteiger partial charge in [0, 0.05) is 30.3 Å². The second-order valence-corrected chi connectivity index (χ2v) is 3.25. The minimum absolute atomic E-state index is 0.413. The molecule has 6 heteroatoms. The fourth-order valence-electron chi connectivity index (χ4n) is 1.07. The largest absolute Gasteiger partial charge is 0.403 e. The number of nitrogens with zero attached hydrogens (tertiary/aromatic N) is 3. The Morgan fingerprint density at radius 3 is 2.80 bits per heavy atom. The van der Waals surface area contributed by atoms with Gasteiger partial charge in [-0.2, -0.15) is 12.6 Å². The van der Waals surface area contributed by atoms with E-state index in [4.69, 9.17) is 4.42 Å². The highest BCUT2D eigenvalue weighted by atomic mass is 32.1. The first-order chi connectivity index (χ1) is 7.40. The van der Waals surface area contributed by atoms with Crippen molar-refractivity contribution in [2.45, 2.75) is 0 Å². The SMILES string of the molecule is SCCNc1nnc(-c2ccncc2)o1. The minimum Gasteiger partial charge on any atom is -0.403 e. The molecular weight excluding hydrogens is 212 g/mol. The van der Waals surface area contributed by atoms with E-state index in [0.29, 0.717) is 24.2 Å². The summed E-state index contributed by atoms with van der Waals surface area (Å²) in [5.74, 6) is 1.20. The molecule has 2 rings (SSSR count). The molecule has 15 heavy (non-hydrogen) atoms. The van der Waals surface area contributed by atoms with Crippen molar-refractivity contribution in [3.05, 3.63) is 24.5 Å². The first-order valence-electron chi connectivity index (χ1n) is 4.49. The molecule has 0 atom stereocenters. The quantitative estimate of drug-likeness (QED) is 0.767. The smallest absolute Gasteiger partial charge is 0.315 e. The van der Waals surface area contributed by atoms with Crippen LogP contribution in [0.2, 0.25) is 0 Å². The Morgan fingerprint density at radius 2 is 2.07 bits per heavy atom. The Kier molecular flexibility index (Phi) is 3.18. The van der Waals surface area contributed by atoms with E-state index in [1.54, 1.807) is 12.4 Å². The van der Waals surface area contributed by atoms with Crippen molar-refractivity contribution in [2.24, 2.45) is 0 Å². The lowest BCUT2D eigenvalue weighted by atomic mass is 10.3. The average molecular weight is 222 g/mol. The molecular formula is C9H10N4OS. The van der Waals surface area contributed by atoms with E-state index in [0.717, 1.165) is 5.56 Å². The molecule has 0 aliphatic carbocycles. The van der Waals surface area contributed by atoms with Gasteiger partial charge in [0.1, 0.15) is 0 Å². The van der Waals surface area contributed by atoms with Crippen LogP contribution in [0.5, 0.6) is 0 Å². The highest BCUT2D eigenvalue weighted by Gasteiger charge is 2.06. The van der Waals surface area contributed by atoms with Crippen molar-refractivity contribution in [1.82, 2.24) is 15.2 Å². The fourth-order valence-corrected chi connectivity index (χ4v) is 1.18. The predicted molar refractivity (Wildman–Crippen MR) is 59.9 cm³/mol. The fraction of sp³-hybridized carbons (Fsp3) is 0.222. The van der Waals surface area contributed by atoms with Crippen molar-refractivity contribution < 1.29 is 4.42 Å². The number of anilines is 1. The number of pyridine rings is 1. The van der Waals surface area contributed by atoms with Crippen LogP contribution in [0.1, 0.15) is 0 Å². The lowest BCUT2D eigenvalue weighted by molar-refractivity contribution is 0.582. The molecule has 0 aromatic carbocycles. The van der Waals surface area contributed by atoms with Gasteiger partial charge < -0.3 is 9.73 Å². The number of hydrogen-bond donors (Lipinski definition) is 2. The summed E-state index contributed by atoms with van der Waals surface area (Å²) >= 11 is 4.07. The van der Waals surface area contributed by atoms with E-state index >= 15 is 0 Å². The van der Waals surface area contributed by atoms with Crippen LogP contribution in [0, 0.1) is 0 Å². The molecule has 0 radical (unpaired) electrons. The maximum atomic E-state index is 5.38. The van der Waals surface area contributed by atoms with Gasteiger partial charge in [-0.3, -0.25) is 4.98 Å². The Hall–Kier alpha value is -1.56. The predicted octanol–water partition coefficient (Wildman–Crippen LogP) is 1.47. The average Bonchev–Trinajstić information content (AvgIpc) is 2.76. The van der Waals surface area contributed by atoms with Crippen LogP contribution >= 0.6 is 12.6 Å². The van der Waals surface area contributed by atoms with Crippen LogP contribution in [0.15, 0.2) is 28.9 Å². The van der Waals surface area contributed by atoms with Crippen molar-refractivity contribution in [2.75, 3.05) is 17.6 Å². The molecule has 0 fully saturated rings. The second-order valence-electron chi connectivity index (χ2n) is 2.80. The zero-order valence-corrected chi connectivity index (χ0v) is 8.82. The van der Waals surface area contributed by atoms with Gasteiger partial charge in [0.15, 0.2) is 0 Å². The molecule has 0 saturated carbocycles. The molecule has 78 valence electrons. The maximum absolute atomic E-state index is 5.38. The van der Waals surface area contributed by atoms with Gasteiger partial charge in [-0.15, -0.1) is 5.10 Å². The molecule has 0 saturated heterocycles. The highest BCUT2D eigenvalue weighted by molar-refractivity contribution is 7.80. The number of thiol groups is 1. The summed E-state index contributed by atoms with van der Waals surface area (Å²) in [5.41, 5.74) is 0.858. The molecule has 0 aliphatic heterocycles. The number of hydrogen-bond acceptors (Lipinski definition) is 6. The van der Waals surface area contributed by atoms with E-state index in [1.165, 1.54) is 0 Å². The van der Waals surface area contributed by atoms with Gasteiger partial charge in [-0.1, -0.05) is 5.10 Å². The minimum atomic E-state index is 0.413. The molecule has 2 heterocycles. The van der Waals surface area contributed by atoms with Crippen molar-refractivity contribution >= 4 is 18.6 Å². The zero-order chi connectivity index (χ0) is 10.5. The van der Waals surface area contributed by atoms with Crippen LogP contribution in [0.4, 0.5) is 6.01 Å². The summed E-state index contributed by atoms with van der Waals surface area (Å²) in [5, 5.41) is 10.7. The lowest BCUT2D eigenvalue weighted by Gasteiger charge is -1.95. The normalized spacial score (nSPS) is 10.2. The molecule has 0 amide bonds. The van der Waals surface area contributed by atoms with Gasteiger partial charge in [-0.05, 0) is 12.1 Å². The molecule has 0 spiro atoms. The van der Waals surface area contributed by atoms with Crippen LogP contribution in [0.25, 0.3) is 11.5 Å². The maximum Gasteiger partial charge on any atom is 0.315 e. The van der Waals surface area contributed by atoms with Gasteiger partial charge in [0.25, 0.3) is 0 Å². The zero-order valence-electron chi connectivity index (χ0n) is 7.92.